The van der Waals surface area contributed by atoms with Gasteiger partial charge in [-0.3, -0.25) is 0 Å². The summed E-state index contributed by atoms with van der Waals surface area (Å²) in [4.78, 5) is 2.52. The predicted octanol–water partition coefficient (Wildman–Crippen LogP) is 7.28. The van der Waals surface area contributed by atoms with Crippen molar-refractivity contribution >= 4 is 51.7 Å². The van der Waals surface area contributed by atoms with Crippen LogP contribution in [0.3, 0.4) is 0 Å². The second-order valence-corrected chi connectivity index (χ2v) is 15.3. The average molecular weight is 544 g/mol. The van der Waals surface area contributed by atoms with Crippen LogP contribution in [0.25, 0.3) is 5.57 Å². The van der Waals surface area contributed by atoms with Crippen LogP contribution in [0.2, 0.25) is 0 Å². The molecule has 5 aromatic carbocycles. The third-order valence-electron chi connectivity index (χ3n) is 10.0. The second-order valence-electron chi connectivity index (χ2n) is 11.9. The molecule has 10 rings (SSSR count). The van der Waals surface area contributed by atoms with E-state index in [1.54, 1.807) is 10.6 Å². The zero-order chi connectivity index (χ0) is 26.9. The third kappa shape index (κ3) is 2.49. The fraction of sp³-hybridized carbons (Fsp3) is 0.0789. The average Bonchev–Trinajstić information content (AvgIpc) is 3.69. The molecule has 1 aliphatic carbocycles. The maximum absolute atomic E-state index is 2.78. The second kappa shape index (κ2) is 7.60. The molecule has 4 heterocycles. The Labute approximate surface area is 240 Å². The minimum absolute atomic E-state index is 0.266. The summed E-state index contributed by atoms with van der Waals surface area (Å²) in [6, 6.07) is 43.2. The van der Waals surface area contributed by atoms with E-state index in [2.05, 4.69) is 150 Å². The van der Waals surface area contributed by atoms with Crippen molar-refractivity contribution in [2.45, 2.75) is 12.8 Å². The molecule has 5 aromatic rings. The molecule has 0 radical (unpaired) electrons. The van der Waals surface area contributed by atoms with Crippen LogP contribution in [-0.4, -0.2) is 10.1 Å². The van der Waals surface area contributed by atoms with Gasteiger partial charge < -0.3 is 0 Å². The molecule has 2 atom stereocenters. The quantitative estimate of drug-likeness (QED) is 0.212. The number of benzene rings is 5. The summed E-state index contributed by atoms with van der Waals surface area (Å²) < 4.78 is 2.78. The number of allylic oxidation sites excluding steroid dienone is 2. The molecule has 194 valence electrons. The predicted molar refractivity (Wildman–Crippen MR) is 173 cm³/mol. The molecular formula is C38H28N2P+. The Morgan fingerprint density at radius 1 is 0.683 bits per heavy atom. The molecule has 0 saturated carbocycles. The standard InChI is InChI=1S/C38H28N2P/c1-24-21-22-39-36(24)29-20-19-27-30(25-11-4-2-5-12-25)23-31-28-15-10-17-33-37(28)41(39,38(29)35(27)31)34-18-9-8-16-32(34)40(33)26-13-6-3-7-14-26/h2-24,30,41H,1H3/q+1. The van der Waals surface area contributed by atoms with E-state index in [0.29, 0.717) is 5.92 Å². The Kier molecular flexibility index (Phi) is 4.12. The van der Waals surface area contributed by atoms with Gasteiger partial charge in [0.25, 0.3) is 0 Å². The van der Waals surface area contributed by atoms with Crippen LogP contribution in [0.5, 0.6) is 0 Å². The first kappa shape index (κ1) is 22.2. The summed E-state index contributed by atoms with van der Waals surface area (Å²) in [5.41, 5.74) is 14.0. The molecular weight excluding hydrogens is 515 g/mol. The van der Waals surface area contributed by atoms with Crippen molar-refractivity contribution in [1.29, 1.82) is 0 Å². The molecule has 2 unspecified atom stereocenters. The molecule has 0 amide bonds. The van der Waals surface area contributed by atoms with Gasteiger partial charge in [0.05, 0.1) is 0 Å². The number of hydrogen-bond donors (Lipinski definition) is 0. The van der Waals surface area contributed by atoms with E-state index in [-0.39, 0.29) is 5.92 Å². The fourth-order valence-corrected chi connectivity index (χ4v) is 14.4. The van der Waals surface area contributed by atoms with Gasteiger partial charge in [-0.05, 0) is 0 Å². The van der Waals surface area contributed by atoms with Crippen molar-refractivity contribution in [1.82, 2.24) is 0 Å². The molecule has 0 aromatic heterocycles. The van der Waals surface area contributed by atoms with E-state index < -0.39 is 7.41 Å². The van der Waals surface area contributed by atoms with Crippen molar-refractivity contribution in [3.05, 3.63) is 161 Å². The van der Waals surface area contributed by atoms with Crippen molar-refractivity contribution in [2.24, 2.45) is 5.92 Å². The van der Waals surface area contributed by atoms with E-state index in [9.17, 15) is 0 Å². The molecule has 4 aliphatic heterocycles. The molecule has 1 spiro atoms. The van der Waals surface area contributed by atoms with Gasteiger partial charge in [0, 0.05) is 0 Å². The Balaban J connectivity index is 1.40. The Morgan fingerprint density at radius 3 is 2.29 bits per heavy atom. The molecule has 0 fully saturated rings. The van der Waals surface area contributed by atoms with Gasteiger partial charge in [0.15, 0.2) is 0 Å². The summed E-state index contributed by atoms with van der Waals surface area (Å²) in [7, 11) is -2.64. The van der Waals surface area contributed by atoms with E-state index in [0.717, 1.165) is 0 Å². The number of rotatable bonds is 2. The van der Waals surface area contributed by atoms with Crippen LogP contribution < -0.4 is 20.8 Å². The van der Waals surface area contributed by atoms with Crippen molar-refractivity contribution in [3.8, 4) is 0 Å². The molecule has 5 aliphatic rings. The first-order valence-corrected chi connectivity index (χ1v) is 16.6. The topological polar surface area (TPSA) is 6.25 Å². The maximum atomic E-state index is 2.78. The van der Waals surface area contributed by atoms with Crippen molar-refractivity contribution in [2.75, 3.05) is 4.90 Å². The first-order chi connectivity index (χ1) is 20.3. The van der Waals surface area contributed by atoms with Crippen LogP contribution in [-0.2, 0) is 0 Å². The molecule has 0 saturated heterocycles. The number of hydrogen-bond acceptors (Lipinski definition) is 1. The van der Waals surface area contributed by atoms with Gasteiger partial charge in [-0.25, -0.2) is 0 Å². The molecule has 2 nitrogen and oxygen atoms in total. The fourth-order valence-electron chi connectivity index (χ4n) is 8.59. The Bertz CT molecular complexity index is 2070. The van der Waals surface area contributed by atoms with Gasteiger partial charge in [0.1, 0.15) is 0 Å². The monoisotopic (exact) mass is 543 g/mol. The van der Waals surface area contributed by atoms with Crippen LogP contribution in [0, 0.1) is 5.92 Å². The van der Waals surface area contributed by atoms with E-state index in [1.165, 1.54) is 61.5 Å². The van der Waals surface area contributed by atoms with E-state index in [1.807, 2.05) is 0 Å². The normalized spacial score (nSPS) is 21.7. The summed E-state index contributed by atoms with van der Waals surface area (Å²) >= 11 is 0. The third-order valence-corrected chi connectivity index (χ3v) is 14.8. The number of para-hydroxylation sites is 2. The summed E-state index contributed by atoms with van der Waals surface area (Å²) in [5.74, 6) is 0.660. The molecule has 3 heteroatoms. The molecule has 0 bridgehead atoms. The van der Waals surface area contributed by atoms with Gasteiger partial charge >= 0.3 is 241 Å². The summed E-state index contributed by atoms with van der Waals surface area (Å²) in [6.07, 6.45) is 7.42. The zero-order valence-corrected chi connectivity index (χ0v) is 23.8. The summed E-state index contributed by atoms with van der Waals surface area (Å²) in [5, 5.41) is 4.66. The van der Waals surface area contributed by atoms with Gasteiger partial charge in [-0.2, -0.15) is 0 Å². The van der Waals surface area contributed by atoms with Crippen molar-refractivity contribution in [3.63, 3.8) is 0 Å². The Morgan fingerprint density at radius 2 is 1.44 bits per heavy atom. The van der Waals surface area contributed by atoms with Gasteiger partial charge in [0.2, 0.25) is 0 Å². The van der Waals surface area contributed by atoms with E-state index in [4.69, 9.17) is 0 Å². The Hall–Kier alpha value is -4.52. The van der Waals surface area contributed by atoms with Crippen LogP contribution in [0.1, 0.15) is 40.7 Å². The minimum atomic E-state index is -2.64. The zero-order valence-electron chi connectivity index (χ0n) is 22.8. The number of fused-ring (bicyclic) bond motifs is 3. The molecule has 0 N–H and O–H groups in total. The van der Waals surface area contributed by atoms with E-state index >= 15 is 0 Å². The number of anilines is 3. The van der Waals surface area contributed by atoms with Gasteiger partial charge in [-0.15, -0.1) is 0 Å². The SMILES string of the molecule is CC1C=C[N+]2=C1c1ccc3c4c1[PH]21c2ccccc2N(c2ccccc2)c2cccc(c21)C4=CC3c1ccccc1. The van der Waals surface area contributed by atoms with Crippen LogP contribution in [0.4, 0.5) is 17.1 Å². The summed E-state index contributed by atoms with van der Waals surface area (Å²) in [6.45, 7) is 2.37. The van der Waals surface area contributed by atoms with Crippen molar-refractivity contribution < 1.29 is 4.35 Å². The van der Waals surface area contributed by atoms with Gasteiger partial charge in [-0.1, -0.05) is 0 Å². The molecule has 41 heavy (non-hydrogen) atoms. The van der Waals surface area contributed by atoms with Crippen LogP contribution in [0.15, 0.2) is 134 Å². The van der Waals surface area contributed by atoms with Crippen LogP contribution >= 0.6 is 7.41 Å². The first-order valence-electron chi connectivity index (χ1n) is 14.7. The number of nitrogens with zero attached hydrogens (tertiary/aromatic N) is 2.